The second kappa shape index (κ2) is 34.8. The molecule has 6 aliphatic heterocycles. The first-order valence-electron chi connectivity index (χ1n) is 33.7. The predicted molar refractivity (Wildman–Crippen MR) is 415 cm³/mol. The summed E-state index contributed by atoms with van der Waals surface area (Å²) in [6.45, 7) is 13.1. The number of aryl methyl sites for hydroxylation is 1. The van der Waals surface area contributed by atoms with E-state index in [2.05, 4.69) is 91.5 Å². The lowest BCUT2D eigenvalue weighted by Gasteiger charge is -2.35. The normalized spacial score (nSPS) is 18.9. The van der Waals surface area contributed by atoms with E-state index in [1.807, 2.05) is 19.3 Å². The maximum absolute atomic E-state index is 15.2. The van der Waals surface area contributed by atoms with E-state index in [1.54, 1.807) is 43.3 Å². The Morgan fingerprint density at radius 3 is 1.14 bits per heavy atom. The van der Waals surface area contributed by atoms with Gasteiger partial charge in [0.05, 0.1) is 136 Å². The average molecular weight is 1630 g/mol. The highest BCUT2D eigenvalue weighted by molar-refractivity contribution is 6.43. The van der Waals surface area contributed by atoms with Crippen molar-refractivity contribution < 1.29 is 71.1 Å². The van der Waals surface area contributed by atoms with Crippen LogP contribution in [0.4, 0.5) is 77.0 Å². The van der Waals surface area contributed by atoms with Gasteiger partial charge in [-0.05, 0) is 18.2 Å². The molecule has 111 heavy (non-hydrogen) atoms. The van der Waals surface area contributed by atoms with E-state index in [0.717, 1.165) is 5.82 Å². The van der Waals surface area contributed by atoms with Crippen molar-refractivity contribution in [1.29, 1.82) is 0 Å². The Morgan fingerprint density at radius 1 is 0.477 bits per heavy atom. The molecule has 6 aliphatic rings. The molecular weight excluding hydrogens is 1560 g/mol. The lowest BCUT2D eigenvalue weighted by Crippen LogP contribution is -2.47. The summed E-state index contributed by atoms with van der Waals surface area (Å²) in [5.74, 6) is 2.46. The highest BCUT2D eigenvalue weighted by Gasteiger charge is 2.42. The first-order chi connectivity index (χ1) is 53.2. The van der Waals surface area contributed by atoms with Crippen LogP contribution in [0.1, 0.15) is 16.7 Å². The van der Waals surface area contributed by atoms with Crippen LogP contribution >= 0.6 is 58.0 Å². The van der Waals surface area contributed by atoms with Gasteiger partial charge in [-0.1, -0.05) is 77.7 Å². The zero-order valence-electron chi connectivity index (χ0n) is 61.5. The van der Waals surface area contributed by atoms with Gasteiger partial charge in [0.25, 0.3) is 0 Å². The number of nitrogens with one attached hydrogen (secondary N) is 6. The van der Waals surface area contributed by atoms with E-state index >= 15 is 4.39 Å². The van der Waals surface area contributed by atoms with E-state index < -0.39 is 23.9 Å². The number of fused-ring (bicyclic) bond motifs is 3. The van der Waals surface area contributed by atoms with Gasteiger partial charge in [-0.2, -0.15) is 20.1 Å². The molecule has 3 aromatic carbocycles. The molecule has 9 amide bonds. The van der Waals surface area contributed by atoms with Gasteiger partial charge in [0, 0.05) is 107 Å². The highest BCUT2D eigenvalue weighted by Crippen LogP contribution is 2.50. The predicted octanol–water partition coefficient (Wildman–Crippen LogP) is 8.28. The first-order valence-corrected chi connectivity index (χ1v) is 35.6. The van der Waals surface area contributed by atoms with Crippen LogP contribution in [0.5, 0.6) is 34.5 Å². The van der Waals surface area contributed by atoms with Gasteiger partial charge in [-0.15, -0.1) is 0 Å². The molecule has 10 heterocycles. The third-order valence-corrected chi connectivity index (χ3v) is 20.3. The van der Waals surface area contributed by atoms with Crippen LogP contribution in [0.3, 0.4) is 0 Å². The number of urea groups is 3. The maximum atomic E-state index is 15.2. The number of halogens is 6. The molecule has 0 radical (unpaired) electrons. The molecule has 35 nitrogen and oxygen atoms in total. The van der Waals surface area contributed by atoms with E-state index in [0.29, 0.717) is 109 Å². The Hall–Kier alpha value is -11.2. The quantitative estimate of drug-likeness (QED) is 0.0347. The molecule has 0 aliphatic carbocycles. The van der Waals surface area contributed by atoms with Crippen LogP contribution in [0.25, 0.3) is 0 Å². The van der Waals surface area contributed by atoms with Crippen molar-refractivity contribution in [2.45, 2.75) is 55.9 Å². The molecule has 6 unspecified atom stereocenters. The molecule has 0 spiro atoms. The van der Waals surface area contributed by atoms with Crippen LogP contribution in [0.2, 0.25) is 25.1 Å². The van der Waals surface area contributed by atoms with E-state index in [9.17, 15) is 28.8 Å². The highest BCUT2D eigenvalue weighted by atomic mass is 35.5. The number of carbonyl (C=O) groups is 6. The van der Waals surface area contributed by atoms with Gasteiger partial charge in [-0.25, -0.2) is 33.7 Å². The zero-order valence-corrected chi connectivity index (χ0v) is 65.3. The van der Waals surface area contributed by atoms with Crippen molar-refractivity contribution in [1.82, 2.24) is 55.6 Å². The van der Waals surface area contributed by atoms with Crippen molar-refractivity contribution in [3.8, 4) is 34.5 Å². The fraction of sp³-hybridized carbons (Fsp3) is 0.357. The van der Waals surface area contributed by atoms with Gasteiger partial charge in [0.1, 0.15) is 77.0 Å². The number of methoxy groups -OCH3 is 6. The van der Waals surface area contributed by atoms with Crippen molar-refractivity contribution in [3.63, 3.8) is 0 Å². The summed E-state index contributed by atoms with van der Waals surface area (Å²) >= 11 is 32.6. The van der Waals surface area contributed by atoms with Crippen LogP contribution in [-0.4, -0.2) is 215 Å². The molecule has 0 saturated carbocycles. The van der Waals surface area contributed by atoms with Gasteiger partial charge >= 0.3 is 18.1 Å². The number of carbonyl (C=O) groups excluding carboxylic acids is 6. The maximum Gasteiger partial charge on any atom is 0.330 e. The SMILES string of the molecule is C=CC(=O)NC1CN(c2ccn(C)n2)CC1Nc1ncc2c(n1)N(C)C(=O)N(c1c(Cl)c(OC)cc(OC)c1Cl)C2.C=CC(=O)NC1COCC1Nc1ncc2c(n1)N(C)C(=O)N(c1c(Cl)c(OC)cc(OC)c1Cl)C2.C=CC(=O)NC1COCC1Nc1ncc2c(n1)N(C)C(=O)N(c1c(F)c(OC)cc(OC)c1Cl)C2. The molecule has 4 aromatic heterocycles. The van der Waals surface area contributed by atoms with Gasteiger partial charge in [0.2, 0.25) is 35.6 Å². The Labute approximate surface area is 660 Å². The number of rotatable bonds is 22. The molecule has 7 aromatic rings. The Kier molecular flexibility index (Phi) is 25.4. The molecular formula is C70H77Cl5FN21O14. The number of hydrogen-bond donors (Lipinski definition) is 6. The molecule has 13 rings (SSSR count). The number of nitrogens with zero attached hydrogens (tertiary/aromatic N) is 15. The van der Waals surface area contributed by atoms with Crippen molar-refractivity contribution in [2.24, 2.45) is 7.05 Å². The minimum atomic E-state index is -0.795. The van der Waals surface area contributed by atoms with Crippen molar-refractivity contribution in [2.75, 3.05) is 154 Å². The van der Waals surface area contributed by atoms with E-state index in [-0.39, 0.29) is 133 Å². The van der Waals surface area contributed by atoms with E-state index in [4.69, 9.17) is 95.9 Å². The second-order valence-electron chi connectivity index (χ2n) is 25.2. The van der Waals surface area contributed by atoms with Crippen molar-refractivity contribution in [3.05, 3.63) is 135 Å². The summed E-state index contributed by atoms with van der Waals surface area (Å²) in [5.41, 5.74) is 2.26. The molecule has 0 bridgehead atoms. The average Bonchev–Trinajstić information content (AvgIpc) is 1.33. The molecule has 588 valence electrons. The largest absolute Gasteiger partial charge is 0.495 e. The number of ether oxygens (including phenoxy) is 8. The fourth-order valence-corrected chi connectivity index (χ4v) is 14.5. The molecule has 3 fully saturated rings. The summed E-state index contributed by atoms with van der Waals surface area (Å²) in [6.07, 6.45) is 10.3. The molecule has 6 atom stereocenters. The summed E-state index contributed by atoms with van der Waals surface area (Å²) in [6, 6.07) is 3.34. The Balaban J connectivity index is 0.000000166. The minimum Gasteiger partial charge on any atom is -0.495 e. The summed E-state index contributed by atoms with van der Waals surface area (Å²) in [4.78, 5) is 113. The lowest BCUT2D eigenvalue weighted by molar-refractivity contribution is -0.118. The lowest BCUT2D eigenvalue weighted by atomic mass is 10.1. The zero-order chi connectivity index (χ0) is 80.0. The number of benzene rings is 3. The Bertz CT molecular complexity index is 4540. The van der Waals surface area contributed by atoms with Gasteiger partial charge in [0.15, 0.2) is 17.4 Å². The summed E-state index contributed by atoms with van der Waals surface area (Å²) in [5, 5.41) is 23.3. The van der Waals surface area contributed by atoms with E-state index in [1.165, 1.54) is 110 Å². The van der Waals surface area contributed by atoms with Crippen LogP contribution in [0, 0.1) is 5.82 Å². The number of aromatic nitrogens is 8. The molecule has 3 saturated heterocycles. The monoisotopic (exact) mass is 1630 g/mol. The van der Waals surface area contributed by atoms with Gasteiger partial charge < -0.3 is 74.7 Å². The van der Waals surface area contributed by atoms with Crippen molar-refractivity contribution >= 4 is 152 Å². The molecule has 41 heteroatoms. The first kappa shape index (κ1) is 80.9. The van der Waals surface area contributed by atoms with Crippen LogP contribution in [-0.2, 0) is 50.5 Å². The van der Waals surface area contributed by atoms with Crippen LogP contribution in [0.15, 0.2) is 87.0 Å². The summed E-state index contributed by atoms with van der Waals surface area (Å²) < 4.78 is 59.5. The number of hydrogen-bond acceptors (Lipinski definition) is 25. The minimum absolute atomic E-state index is 0.0314. The Morgan fingerprint density at radius 2 is 0.793 bits per heavy atom. The summed E-state index contributed by atoms with van der Waals surface area (Å²) in [7, 11) is 15.1. The number of anilines is 10. The van der Waals surface area contributed by atoms with Gasteiger partial charge in [-0.3, -0.25) is 48.5 Å². The third kappa shape index (κ3) is 16.8. The smallest absolute Gasteiger partial charge is 0.330 e. The van der Waals surface area contributed by atoms with Crippen LogP contribution < -0.4 is 94.6 Å². The fourth-order valence-electron chi connectivity index (χ4n) is 12.7. The topological polar surface area (TPSA) is 366 Å². The molecule has 6 N–H and O–H groups in total. The standard InChI is InChI=1S/C26H29Cl2N9O4.C22H24Cl2N6O5.C22H24ClFN6O5/c1-6-20(38)30-15-12-36(19-7-8-34(2)33-19)13-16(15)31-25-29-10-14-11-37(26(39)35(3)24(14)32-25)23-21(27)17(40-4)9-18(41-5)22(23)28;2*1-5-16(31)26-12-9-35-10-13(12)27-21-25-7-11-8-30(22(32)29(2)20(11)28-21)19-17(23)14(33-3)6-15(34-4)18(19)24/h6-10,15-16H,1,11-13H2,2-5H3,(H,30,38)(H,29,31,32);2*5-7,12-13H,1,8-10H2,2-4H3,(H,26,31)(H,25,27,28). The third-order valence-electron chi connectivity index (χ3n) is 18.5. The number of amides is 9. The second-order valence-corrected chi connectivity index (χ2v) is 27.1.